The Hall–Kier alpha value is -3.68. The smallest absolute Gasteiger partial charge is 0.406 e. The van der Waals surface area contributed by atoms with Crippen LogP contribution in [0.25, 0.3) is 0 Å². The second-order valence-corrected chi connectivity index (χ2v) is 8.23. The van der Waals surface area contributed by atoms with E-state index in [0.29, 0.717) is 18.9 Å². The van der Waals surface area contributed by atoms with Gasteiger partial charge < -0.3 is 10.1 Å². The molecule has 0 saturated heterocycles. The van der Waals surface area contributed by atoms with E-state index in [2.05, 4.69) is 10.1 Å². The average molecular weight is 512 g/mol. The van der Waals surface area contributed by atoms with E-state index < -0.39 is 41.7 Å². The monoisotopic (exact) mass is 512 g/mol. The summed E-state index contributed by atoms with van der Waals surface area (Å²) < 4.78 is 81.6. The number of terminal acetylenes is 1. The first-order valence-electron chi connectivity index (χ1n) is 11.0. The van der Waals surface area contributed by atoms with Crippen LogP contribution in [0.1, 0.15) is 49.3 Å². The summed E-state index contributed by atoms with van der Waals surface area (Å²) in [7, 11) is 0. The van der Waals surface area contributed by atoms with Gasteiger partial charge in [0.25, 0.3) is 0 Å². The zero-order chi connectivity index (χ0) is 26.5. The Kier molecular flexibility index (Phi) is 8.17. The van der Waals surface area contributed by atoms with Gasteiger partial charge in [-0.3, -0.25) is 14.5 Å². The molecule has 3 rings (SSSR count). The number of nitrogens with one attached hydrogen (secondary N) is 1. The summed E-state index contributed by atoms with van der Waals surface area (Å²) in [5.41, 5.74) is -1.35. The van der Waals surface area contributed by atoms with Gasteiger partial charge in [0.2, 0.25) is 5.91 Å². The summed E-state index contributed by atoms with van der Waals surface area (Å²) in [5.74, 6) is -0.584. The Bertz CT molecular complexity index is 1120. The molecule has 2 amide bonds. The summed E-state index contributed by atoms with van der Waals surface area (Å²) in [6.07, 6.45) is -0.356. The molecule has 11 heteroatoms. The molecule has 0 heterocycles. The van der Waals surface area contributed by atoms with Gasteiger partial charge in [-0.15, -0.1) is 19.6 Å². The minimum absolute atomic E-state index is 0.0267. The summed E-state index contributed by atoms with van der Waals surface area (Å²) in [6.45, 7) is 0. The van der Waals surface area contributed by atoms with Gasteiger partial charge in [0, 0.05) is 11.7 Å². The van der Waals surface area contributed by atoms with E-state index in [1.165, 1.54) is 6.07 Å². The molecule has 2 aromatic rings. The van der Waals surface area contributed by atoms with Crippen LogP contribution < -0.4 is 15.0 Å². The Morgan fingerprint density at radius 1 is 1.00 bits per heavy atom. The number of carbonyl (C=O) groups is 2. The third-order valence-corrected chi connectivity index (χ3v) is 5.68. The lowest BCUT2D eigenvalue weighted by molar-refractivity contribution is -0.274. The van der Waals surface area contributed by atoms with E-state index in [1.54, 1.807) is 0 Å². The molecule has 0 aliphatic heterocycles. The maximum atomic E-state index is 13.4. The lowest BCUT2D eigenvalue weighted by atomic mass is 9.94. The molecule has 192 valence electrons. The minimum Gasteiger partial charge on any atom is -0.406 e. The molecular weight excluding hydrogens is 490 g/mol. The van der Waals surface area contributed by atoms with Crippen LogP contribution >= 0.6 is 0 Å². The molecular formula is C25H22F6N2O3. The lowest BCUT2D eigenvalue weighted by Gasteiger charge is -2.32. The fourth-order valence-corrected chi connectivity index (χ4v) is 4.08. The second-order valence-electron chi connectivity index (χ2n) is 8.23. The number of ether oxygens (including phenoxy) is 1. The number of rotatable bonds is 6. The highest BCUT2D eigenvalue weighted by Gasteiger charge is 2.36. The van der Waals surface area contributed by atoms with Crippen LogP contribution in [0.3, 0.4) is 0 Å². The van der Waals surface area contributed by atoms with E-state index in [-0.39, 0.29) is 17.3 Å². The minimum atomic E-state index is -4.96. The standard InChI is InChI=1S/C25H22F6N2O3/c1-2-21(34)33(19-10-6-7-17(15-19)24(26,27)28)22(23(35)32-18-8-4-3-5-9-18)16-11-13-20(14-12-16)36-25(29,30)31/h1,6-7,10-15,18,22H,3-5,8-9H2,(H,32,35). The summed E-state index contributed by atoms with van der Waals surface area (Å²) in [4.78, 5) is 27.0. The van der Waals surface area contributed by atoms with E-state index in [1.807, 2.05) is 5.92 Å². The molecule has 1 unspecified atom stereocenters. The van der Waals surface area contributed by atoms with E-state index in [9.17, 15) is 35.9 Å². The van der Waals surface area contributed by atoms with Crippen molar-refractivity contribution in [3.05, 3.63) is 59.7 Å². The summed E-state index contributed by atoms with van der Waals surface area (Å²) >= 11 is 0. The van der Waals surface area contributed by atoms with Gasteiger partial charge >= 0.3 is 18.4 Å². The van der Waals surface area contributed by atoms with Gasteiger partial charge in [0.1, 0.15) is 11.8 Å². The maximum Gasteiger partial charge on any atom is 0.573 e. The maximum absolute atomic E-state index is 13.4. The van der Waals surface area contributed by atoms with Crippen molar-refractivity contribution in [3.8, 4) is 18.1 Å². The number of hydrogen-bond acceptors (Lipinski definition) is 3. The van der Waals surface area contributed by atoms with Crippen molar-refractivity contribution in [2.75, 3.05) is 4.90 Å². The van der Waals surface area contributed by atoms with Crippen LogP contribution in [0.2, 0.25) is 0 Å². The Labute approximate surface area is 203 Å². The van der Waals surface area contributed by atoms with Crippen molar-refractivity contribution in [1.82, 2.24) is 5.32 Å². The molecule has 1 atom stereocenters. The van der Waals surface area contributed by atoms with Gasteiger partial charge in [0.15, 0.2) is 0 Å². The third kappa shape index (κ3) is 6.93. The fraction of sp³-hybridized carbons (Fsp3) is 0.360. The molecule has 5 nitrogen and oxygen atoms in total. The van der Waals surface area contributed by atoms with Crippen LogP contribution in [0.15, 0.2) is 48.5 Å². The molecule has 0 aromatic heterocycles. The molecule has 1 aliphatic rings. The molecule has 36 heavy (non-hydrogen) atoms. The number of anilines is 1. The highest BCUT2D eigenvalue weighted by atomic mass is 19.4. The normalized spacial score (nSPS) is 15.5. The SMILES string of the molecule is C#CC(=O)N(c1cccc(C(F)(F)F)c1)C(C(=O)NC1CCCCC1)c1ccc(OC(F)(F)F)cc1. The third-order valence-electron chi connectivity index (χ3n) is 5.68. The van der Waals surface area contributed by atoms with Crippen molar-refractivity contribution >= 4 is 17.5 Å². The average Bonchev–Trinajstić information content (AvgIpc) is 2.82. The lowest BCUT2D eigenvalue weighted by Crippen LogP contribution is -2.47. The number of nitrogens with zero attached hydrogens (tertiary/aromatic N) is 1. The Morgan fingerprint density at radius 2 is 1.64 bits per heavy atom. The van der Waals surface area contributed by atoms with E-state index >= 15 is 0 Å². The molecule has 1 N–H and O–H groups in total. The van der Waals surface area contributed by atoms with Crippen LogP contribution in [0.4, 0.5) is 32.0 Å². The van der Waals surface area contributed by atoms with Crippen molar-refractivity contribution < 1.29 is 40.7 Å². The highest BCUT2D eigenvalue weighted by Crippen LogP contribution is 2.35. The van der Waals surface area contributed by atoms with Gasteiger partial charge in [0.05, 0.1) is 5.56 Å². The van der Waals surface area contributed by atoms with Crippen molar-refractivity contribution in [3.63, 3.8) is 0 Å². The fourth-order valence-electron chi connectivity index (χ4n) is 4.08. The number of amides is 2. The van der Waals surface area contributed by atoms with Gasteiger partial charge in [-0.25, -0.2) is 0 Å². The van der Waals surface area contributed by atoms with Crippen molar-refractivity contribution in [1.29, 1.82) is 0 Å². The molecule has 1 aliphatic carbocycles. The first-order chi connectivity index (χ1) is 16.9. The van der Waals surface area contributed by atoms with Gasteiger partial charge in [-0.2, -0.15) is 13.2 Å². The van der Waals surface area contributed by atoms with Gasteiger partial charge in [-0.1, -0.05) is 37.5 Å². The molecule has 0 bridgehead atoms. The van der Waals surface area contributed by atoms with Crippen LogP contribution in [-0.4, -0.2) is 24.2 Å². The number of alkyl halides is 6. The number of benzene rings is 2. The summed E-state index contributed by atoms with van der Waals surface area (Å²) in [5, 5.41) is 2.81. The van der Waals surface area contributed by atoms with E-state index in [4.69, 9.17) is 6.42 Å². The topological polar surface area (TPSA) is 58.6 Å². The molecule has 0 radical (unpaired) electrons. The Morgan fingerprint density at radius 3 is 2.19 bits per heavy atom. The number of hydrogen-bond donors (Lipinski definition) is 1. The predicted octanol–water partition coefficient (Wildman–Crippen LogP) is 5.76. The zero-order valence-electron chi connectivity index (χ0n) is 18.8. The quantitative estimate of drug-likeness (QED) is 0.396. The van der Waals surface area contributed by atoms with Crippen molar-refractivity contribution in [2.24, 2.45) is 0 Å². The molecule has 1 fully saturated rings. The molecule has 2 aromatic carbocycles. The largest absolute Gasteiger partial charge is 0.573 e. The predicted molar refractivity (Wildman–Crippen MR) is 119 cm³/mol. The molecule has 1 saturated carbocycles. The molecule has 0 spiro atoms. The number of halogens is 6. The zero-order valence-corrected chi connectivity index (χ0v) is 18.8. The first-order valence-corrected chi connectivity index (χ1v) is 11.0. The van der Waals surface area contributed by atoms with Gasteiger partial charge in [-0.05, 0) is 54.7 Å². The highest BCUT2D eigenvalue weighted by molar-refractivity contribution is 6.09. The van der Waals surface area contributed by atoms with Crippen LogP contribution in [-0.2, 0) is 15.8 Å². The van der Waals surface area contributed by atoms with Crippen LogP contribution in [0.5, 0.6) is 5.75 Å². The van der Waals surface area contributed by atoms with Crippen molar-refractivity contribution in [2.45, 2.75) is 56.7 Å². The summed E-state index contributed by atoms with van der Waals surface area (Å²) in [6, 6.07) is 6.05. The first kappa shape index (κ1) is 26.9. The van der Waals surface area contributed by atoms with E-state index in [0.717, 1.165) is 60.6 Å². The number of carbonyl (C=O) groups excluding carboxylic acids is 2. The van der Waals surface area contributed by atoms with Crippen LogP contribution in [0, 0.1) is 12.3 Å². The second kappa shape index (κ2) is 10.9. The Balaban J connectivity index is 2.07.